The quantitative estimate of drug-likeness (QED) is 0.690. The predicted octanol–water partition coefficient (Wildman–Crippen LogP) is 1.13. The van der Waals surface area contributed by atoms with Crippen LogP contribution in [0.4, 0.5) is 0 Å². The summed E-state index contributed by atoms with van der Waals surface area (Å²) in [6, 6.07) is 6.18. The van der Waals surface area contributed by atoms with Crippen LogP contribution in [0.1, 0.15) is 11.1 Å². The molecule has 84 valence electrons. The summed E-state index contributed by atoms with van der Waals surface area (Å²) in [6.45, 7) is 3.77. The SMILES string of the molecule is COc1ccc(C)cc1CCNCCO. The van der Waals surface area contributed by atoms with Crippen molar-refractivity contribution in [1.29, 1.82) is 0 Å². The van der Waals surface area contributed by atoms with Gasteiger partial charge in [0.05, 0.1) is 13.7 Å². The van der Waals surface area contributed by atoms with Gasteiger partial charge in [-0.05, 0) is 31.5 Å². The highest BCUT2D eigenvalue weighted by Crippen LogP contribution is 2.19. The topological polar surface area (TPSA) is 41.5 Å². The minimum Gasteiger partial charge on any atom is -0.496 e. The third-order valence-electron chi connectivity index (χ3n) is 2.30. The second-order valence-corrected chi connectivity index (χ2v) is 3.54. The van der Waals surface area contributed by atoms with E-state index < -0.39 is 0 Å². The Bertz CT molecular complexity index is 300. The van der Waals surface area contributed by atoms with E-state index in [2.05, 4.69) is 18.3 Å². The van der Waals surface area contributed by atoms with Gasteiger partial charge in [0.1, 0.15) is 5.75 Å². The first-order chi connectivity index (χ1) is 7.27. The lowest BCUT2D eigenvalue weighted by Gasteiger charge is -2.09. The number of nitrogens with one attached hydrogen (secondary N) is 1. The molecule has 0 unspecified atom stereocenters. The van der Waals surface area contributed by atoms with E-state index in [4.69, 9.17) is 9.84 Å². The van der Waals surface area contributed by atoms with Crippen LogP contribution in [-0.4, -0.2) is 31.9 Å². The van der Waals surface area contributed by atoms with Crippen LogP contribution in [0.25, 0.3) is 0 Å². The van der Waals surface area contributed by atoms with Gasteiger partial charge in [-0.1, -0.05) is 17.7 Å². The molecular weight excluding hydrogens is 190 g/mol. The van der Waals surface area contributed by atoms with Crippen molar-refractivity contribution >= 4 is 0 Å². The summed E-state index contributed by atoms with van der Waals surface area (Å²) in [7, 11) is 1.69. The largest absolute Gasteiger partial charge is 0.496 e. The van der Waals surface area contributed by atoms with Gasteiger partial charge in [0.25, 0.3) is 0 Å². The molecule has 0 aliphatic heterocycles. The van der Waals surface area contributed by atoms with Crippen molar-refractivity contribution in [3.63, 3.8) is 0 Å². The Kier molecular flexibility index (Phi) is 5.15. The van der Waals surface area contributed by atoms with Gasteiger partial charge in [-0.15, -0.1) is 0 Å². The Balaban J connectivity index is 2.54. The minimum atomic E-state index is 0.185. The normalized spacial score (nSPS) is 10.3. The number of benzene rings is 1. The van der Waals surface area contributed by atoms with Gasteiger partial charge in [-0.2, -0.15) is 0 Å². The molecule has 15 heavy (non-hydrogen) atoms. The van der Waals surface area contributed by atoms with Crippen LogP contribution in [0.3, 0.4) is 0 Å². The molecule has 1 rings (SSSR count). The van der Waals surface area contributed by atoms with Gasteiger partial charge >= 0.3 is 0 Å². The number of ether oxygens (including phenoxy) is 1. The maximum absolute atomic E-state index is 8.62. The number of methoxy groups -OCH3 is 1. The van der Waals surface area contributed by atoms with E-state index in [1.54, 1.807) is 7.11 Å². The highest BCUT2D eigenvalue weighted by Gasteiger charge is 2.02. The lowest BCUT2D eigenvalue weighted by molar-refractivity contribution is 0.292. The summed E-state index contributed by atoms with van der Waals surface area (Å²) in [6.07, 6.45) is 0.921. The molecule has 1 aromatic rings. The molecule has 0 heterocycles. The highest BCUT2D eigenvalue weighted by atomic mass is 16.5. The average molecular weight is 209 g/mol. The summed E-state index contributed by atoms with van der Waals surface area (Å²) < 4.78 is 5.28. The van der Waals surface area contributed by atoms with E-state index in [-0.39, 0.29) is 6.61 Å². The van der Waals surface area contributed by atoms with Crippen LogP contribution < -0.4 is 10.1 Å². The monoisotopic (exact) mass is 209 g/mol. The highest BCUT2D eigenvalue weighted by molar-refractivity contribution is 5.37. The third kappa shape index (κ3) is 3.90. The first kappa shape index (κ1) is 12.0. The summed E-state index contributed by atoms with van der Waals surface area (Å²) in [4.78, 5) is 0. The van der Waals surface area contributed by atoms with Crippen LogP contribution >= 0.6 is 0 Å². The number of aryl methyl sites for hydroxylation is 1. The van der Waals surface area contributed by atoms with Crippen molar-refractivity contribution in [2.24, 2.45) is 0 Å². The van der Waals surface area contributed by atoms with Crippen molar-refractivity contribution in [1.82, 2.24) is 5.32 Å². The van der Waals surface area contributed by atoms with Crippen LogP contribution in [-0.2, 0) is 6.42 Å². The molecule has 0 radical (unpaired) electrons. The average Bonchev–Trinajstić information content (AvgIpc) is 2.25. The van der Waals surface area contributed by atoms with Crippen molar-refractivity contribution < 1.29 is 9.84 Å². The maximum Gasteiger partial charge on any atom is 0.122 e. The van der Waals surface area contributed by atoms with Gasteiger partial charge in [-0.25, -0.2) is 0 Å². The smallest absolute Gasteiger partial charge is 0.122 e. The first-order valence-corrected chi connectivity index (χ1v) is 5.23. The number of hydrogen-bond acceptors (Lipinski definition) is 3. The van der Waals surface area contributed by atoms with Crippen molar-refractivity contribution in [2.45, 2.75) is 13.3 Å². The number of aliphatic hydroxyl groups excluding tert-OH is 1. The van der Waals surface area contributed by atoms with Gasteiger partial charge in [0.15, 0.2) is 0 Å². The van der Waals surface area contributed by atoms with Crippen molar-refractivity contribution in [3.8, 4) is 5.75 Å². The Morgan fingerprint density at radius 2 is 2.13 bits per heavy atom. The molecule has 0 spiro atoms. The van der Waals surface area contributed by atoms with Crippen LogP contribution in [0, 0.1) is 6.92 Å². The summed E-state index contributed by atoms with van der Waals surface area (Å²) >= 11 is 0. The summed E-state index contributed by atoms with van der Waals surface area (Å²) in [5.41, 5.74) is 2.45. The second kappa shape index (κ2) is 6.43. The fraction of sp³-hybridized carbons (Fsp3) is 0.500. The van der Waals surface area contributed by atoms with Crippen LogP contribution in [0.2, 0.25) is 0 Å². The van der Waals surface area contributed by atoms with E-state index >= 15 is 0 Å². The fourth-order valence-electron chi connectivity index (χ4n) is 1.53. The zero-order valence-corrected chi connectivity index (χ0v) is 9.42. The standard InChI is InChI=1S/C12H19NO2/c1-10-3-4-12(15-2)11(9-10)5-6-13-7-8-14/h3-4,9,13-14H,5-8H2,1-2H3. The zero-order chi connectivity index (χ0) is 11.1. The van der Waals surface area contributed by atoms with Crippen LogP contribution in [0.15, 0.2) is 18.2 Å². The van der Waals surface area contributed by atoms with E-state index in [1.165, 1.54) is 11.1 Å². The molecule has 3 heteroatoms. The number of hydrogen-bond donors (Lipinski definition) is 2. The molecular formula is C12H19NO2. The van der Waals surface area contributed by atoms with Crippen LogP contribution in [0.5, 0.6) is 5.75 Å². The molecule has 0 aromatic heterocycles. The zero-order valence-electron chi connectivity index (χ0n) is 9.42. The molecule has 3 nitrogen and oxygen atoms in total. The lowest BCUT2D eigenvalue weighted by atomic mass is 10.1. The Morgan fingerprint density at radius 1 is 1.33 bits per heavy atom. The fourth-order valence-corrected chi connectivity index (χ4v) is 1.53. The molecule has 1 aromatic carbocycles. The summed E-state index contributed by atoms with van der Waals surface area (Å²) in [5.74, 6) is 0.936. The Labute approximate surface area is 91.1 Å². The van der Waals surface area contributed by atoms with E-state index in [9.17, 15) is 0 Å². The van der Waals surface area contributed by atoms with Crippen molar-refractivity contribution in [3.05, 3.63) is 29.3 Å². The van der Waals surface area contributed by atoms with Crippen molar-refractivity contribution in [2.75, 3.05) is 26.8 Å². The number of rotatable bonds is 6. The molecule has 0 saturated heterocycles. The molecule has 0 aliphatic rings. The molecule has 0 saturated carbocycles. The lowest BCUT2D eigenvalue weighted by Crippen LogP contribution is -2.21. The molecule has 0 bridgehead atoms. The second-order valence-electron chi connectivity index (χ2n) is 3.54. The van der Waals surface area contributed by atoms with Gasteiger partial charge in [0.2, 0.25) is 0 Å². The minimum absolute atomic E-state index is 0.185. The Hall–Kier alpha value is -1.06. The van der Waals surface area contributed by atoms with E-state index in [0.29, 0.717) is 6.54 Å². The van der Waals surface area contributed by atoms with Gasteiger partial charge < -0.3 is 15.2 Å². The maximum atomic E-state index is 8.62. The Morgan fingerprint density at radius 3 is 2.80 bits per heavy atom. The molecule has 0 aliphatic carbocycles. The van der Waals surface area contributed by atoms with E-state index in [0.717, 1.165) is 18.7 Å². The van der Waals surface area contributed by atoms with E-state index in [1.807, 2.05) is 12.1 Å². The molecule has 2 N–H and O–H groups in total. The first-order valence-electron chi connectivity index (χ1n) is 5.23. The molecule has 0 atom stereocenters. The third-order valence-corrected chi connectivity index (χ3v) is 2.30. The number of aliphatic hydroxyl groups is 1. The predicted molar refractivity (Wildman–Crippen MR) is 61.4 cm³/mol. The molecule has 0 amide bonds. The van der Waals surface area contributed by atoms with Gasteiger partial charge in [-0.3, -0.25) is 0 Å². The summed E-state index contributed by atoms with van der Waals surface area (Å²) in [5, 5.41) is 11.8. The molecule has 0 fully saturated rings. The van der Waals surface area contributed by atoms with Gasteiger partial charge in [0, 0.05) is 6.54 Å².